The van der Waals surface area contributed by atoms with Gasteiger partial charge in [-0.05, 0) is 79.3 Å². The Morgan fingerprint density at radius 1 is 1.08 bits per heavy atom. The lowest BCUT2D eigenvalue weighted by molar-refractivity contribution is -0.584. The number of aromatic nitrogens is 4. The molecule has 11 nitrogen and oxygen atoms in total. The van der Waals surface area contributed by atoms with Crippen LogP contribution in [0.4, 0.5) is 10.3 Å². The van der Waals surface area contributed by atoms with Gasteiger partial charge in [0.25, 0.3) is 15.9 Å². The fourth-order valence-electron chi connectivity index (χ4n) is 5.86. The Hall–Kier alpha value is -4.49. The summed E-state index contributed by atoms with van der Waals surface area (Å²) in [6.45, 7) is 10.0. The normalized spacial score (nSPS) is 18.2. The van der Waals surface area contributed by atoms with E-state index >= 15 is 4.39 Å². The van der Waals surface area contributed by atoms with Crippen LogP contribution in [0, 0.1) is 25.1 Å². The van der Waals surface area contributed by atoms with Crippen molar-refractivity contribution in [3.05, 3.63) is 83.2 Å². The molecular weight excluding hydrogens is 635 g/mol. The standard InChI is InChI=1S/C35H40FN6O5S/c1-21-9-6-10-22(2)29(21)31-30(36)32-40-34(39-31)41-48(44,45)27-14-7-11-23(15-27)33(43)42-19-26(47-25-12-8-13-25)17-38-28(42)18-37-24(20-46-32)16-35(3,4)5/h6-7,9-11,14-15,17,19,24-25,37H,8,12-13,16,18,20H2,1-5H3,(H,39,40,41)/q+1/t24-/m1/s1. The molecule has 1 fully saturated rings. The Balaban J connectivity index is 1.48. The van der Waals surface area contributed by atoms with Gasteiger partial charge in [0.1, 0.15) is 25.0 Å². The number of nitrogens with zero attached hydrogens (tertiary/aromatic N) is 4. The Morgan fingerprint density at radius 3 is 2.50 bits per heavy atom. The second kappa shape index (κ2) is 13.2. The lowest BCUT2D eigenvalue weighted by Crippen LogP contribution is -2.50. The van der Waals surface area contributed by atoms with E-state index in [1.54, 1.807) is 12.4 Å². The molecule has 0 amide bonds. The molecule has 2 aromatic heterocycles. The predicted molar refractivity (Wildman–Crippen MR) is 177 cm³/mol. The van der Waals surface area contributed by atoms with E-state index in [4.69, 9.17) is 9.47 Å². The van der Waals surface area contributed by atoms with E-state index < -0.39 is 21.7 Å². The first-order valence-electron chi connectivity index (χ1n) is 16.0. The number of carbonyl (C=O) groups excluding carboxylic acids is 1. The summed E-state index contributed by atoms with van der Waals surface area (Å²) in [7, 11) is -4.34. The molecular formula is C35H40FN6O5S+. The number of benzene rings is 2. The Labute approximate surface area is 280 Å². The molecule has 2 N–H and O–H groups in total. The number of anilines is 1. The van der Waals surface area contributed by atoms with Crippen molar-refractivity contribution in [2.75, 3.05) is 11.3 Å². The first-order chi connectivity index (χ1) is 22.8. The zero-order chi connectivity index (χ0) is 34.2. The van der Waals surface area contributed by atoms with Crippen LogP contribution in [-0.2, 0) is 16.6 Å². The number of carbonyl (C=O) groups is 1. The molecule has 252 valence electrons. The predicted octanol–water partition coefficient (Wildman–Crippen LogP) is 5.29. The van der Waals surface area contributed by atoms with Gasteiger partial charge >= 0.3 is 11.7 Å². The molecule has 4 bridgehead atoms. The molecule has 2 aliphatic rings. The Bertz CT molecular complexity index is 1960. The molecule has 0 saturated heterocycles. The van der Waals surface area contributed by atoms with Gasteiger partial charge in [-0.15, -0.1) is 0 Å². The second-order valence-electron chi connectivity index (χ2n) is 13.6. The van der Waals surface area contributed by atoms with Gasteiger partial charge in [0, 0.05) is 11.6 Å². The molecule has 48 heavy (non-hydrogen) atoms. The number of sulfonamides is 1. The highest BCUT2D eigenvalue weighted by Gasteiger charge is 2.30. The van der Waals surface area contributed by atoms with E-state index in [0.717, 1.165) is 30.4 Å². The minimum atomic E-state index is -4.34. The highest BCUT2D eigenvalue weighted by Crippen LogP contribution is 2.33. The topological polar surface area (TPSA) is 136 Å². The van der Waals surface area contributed by atoms with Gasteiger partial charge < -0.3 is 9.47 Å². The molecule has 1 aliphatic heterocycles. The highest BCUT2D eigenvalue weighted by molar-refractivity contribution is 7.92. The van der Waals surface area contributed by atoms with Crippen LogP contribution >= 0.6 is 0 Å². The van der Waals surface area contributed by atoms with Crippen LogP contribution in [0.15, 0.2) is 59.8 Å². The summed E-state index contributed by atoms with van der Waals surface area (Å²) in [5.41, 5.74) is 1.87. The van der Waals surface area contributed by atoms with Crippen LogP contribution in [0.2, 0.25) is 0 Å². The number of hydrogen-bond acceptors (Lipinski definition) is 9. The average Bonchev–Trinajstić information content (AvgIpc) is 3.00. The first kappa shape index (κ1) is 33.4. The van der Waals surface area contributed by atoms with Crippen molar-refractivity contribution in [1.29, 1.82) is 0 Å². The van der Waals surface area contributed by atoms with Crippen LogP contribution in [0.25, 0.3) is 11.3 Å². The quantitative estimate of drug-likeness (QED) is 0.277. The summed E-state index contributed by atoms with van der Waals surface area (Å²) in [6, 6.07) is 10.8. The molecule has 2 aromatic carbocycles. The number of halogens is 1. The molecule has 0 radical (unpaired) electrons. The average molecular weight is 676 g/mol. The largest absolute Gasteiger partial charge is 0.483 e. The summed E-state index contributed by atoms with van der Waals surface area (Å²) < 4.78 is 59.5. The van der Waals surface area contributed by atoms with Gasteiger partial charge in [0.2, 0.25) is 17.5 Å². The summed E-state index contributed by atoms with van der Waals surface area (Å²) in [6.07, 6.45) is 6.79. The monoisotopic (exact) mass is 675 g/mol. The number of fused-ring (bicyclic) bond motifs is 5. The van der Waals surface area contributed by atoms with Crippen LogP contribution in [0.5, 0.6) is 11.6 Å². The fraction of sp³-hybridized carbons (Fsp3) is 0.400. The maximum absolute atomic E-state index is 16.2. The fourth-order valence-corrected chi connectivity index (χ4v) is 6.85. The molecule has 1 aliphatic carbocycles. The third-order valence-corrected chi connectivity index (χ3v) is 9.76. The van der Waals surface area contributed by atoms with Gasteiger partial charge in [0.15, 0.2) is 6.20 Å². The van der Waals surface area contributed by atoms with Crippen molar-refractivity contribution in [1.82, 2.24) is 20.3 Å². The van der Waals surface area contributed by atoms with E-state index in [9.17, 15) is 13.2 Å². The smallest absolute Gasteiger partial charge is 0.345 e. The molecule has 3 heterocycles. The lowest BCUT2D eigenvalue weighted by atomic mass is 9.88. The maximum atomic E-state index is 16.2. The van der Waals surface area contributed by atoms with E-state index in [0.29, 0.717) is 23.6 Å². The summed E-state index contributed by atoms with van der Waals surface area (Å²) in [4.78, 5) is 26.9. The minimum Gasteiger partial charge on any atom is -0.483 e. The molecule has 4 aromatic rings. The van der Waals surface area contributed by atoms with Crippen LogP contribution in [-0.4, -0.2) is 48.0 Å². The lowest BCUT2D eigenvalue weighted by Gasteiger charge is -2.27. The van der Waals surface area contributed by atoms with Gasteiger partial charge in [0.05, 0.1) is 16.6 Å². The molecule has 1 saturated carbocycles. The molecule has 0 unspecified atom stereocenters. The van der Waals surface area contributed by atoms with Gasteiger partial charge in [-0.3, -0.25) is 5.32 Å². The van der Waals surface area contributed by atoms with Gasteiger partial charge in [-0.2, -0.15) is 13.9 Å². The summed E-state index contributed by atoms with van der Waals surface area (Å²) in [5, 5.41) is 3.45. The van der Waals surface area contributed by atoms with Crippen LogP contribution in [0.1, 0.15) is 73.8 Å². The zero-order valence-electron chi connectivity index (χ0n) is 27.7. The van der Waals surface area contributed by atoms with Crippen molar-refractivity contribution in [2.45, 2.75) is 83.9 Å². The number of aryl methyl sites for hydroxylation is 2. The number of rotatable bonds is 4. The van der Waals surface area contributed by atoms with Crippen molar-refractivity contribution >= 4 is 21.9 Å². The van der Waals surface area contributed by atoms with Gasteiger partial charge in [-0.25, -0.2) is 22.9 Å². The van der Waals surface area contributed by atoms with Crippen molar-refractivity contribution in [2.24, 2.45) is 5.41 Å². The van der Waals surface area contributed by atoms with Gasteiger partial charge in [-0.1, -0.05) is 45.0 Å². The summed E-state index contributed by atoms with van der Waals surface area (Å²) >= 11 is 0. The Morgan fingerprint density at radius 2 is 1.81 bits per heavy atom. The molecule has 1 atom stereocenters. The highest BCUT2D eigenvalue weighted by atomic mass is 32.2. The minimum absolute atomic E-state index is 0.0144. The number of hydrogen-bond donors (Lipinski definition) is 2. The van der Waals surface area contributed by atoms with Crippen molar-refractivity contribution in [3.63, 3.8) is 0 Å². The van der Waals surface area contributed by atoms with Crippen LogP contribution in [0.3, 0.4) is 0 Å². The van der Waals surface area contributed by atoms with Crippen LogP contribution < -0.4 is 24.1 Å². The summed E-state index contributed by atoms with van der Waals surface area (Å²) in [5.74, 6) is -1.22. The SMILES string of the molecule is Cc1cccc(C)c1-c1nc2nc(c1F)OC[C@@H](CC(C)(C)C)NCc1ncc(OC3CCC3)c[n+]1C(=O)c1cccc(c1)S(=O)(=O)N2. The van der Waals surface area contributed by atoms with Crippen molar-refractivity contribution in [3.8, 4) is 22.9 Å². The van der Waals surface area contributed by atoms with E-state index in [-0.39, 0.29) is 58.7 Å². The molecule has 13 heteroatoms. The Kier molecular flexibility index (Phi) is 9.18. The third kappa shape index (κ3) is 7.31. The molecule has 0 spiro atoms. The first-order valence-corrected chi connectivity index (χ1v) is 17.5. The van der Waals surface area contributed by atoms with E-state index in [1.165, 1.54) is 28.8 Å². The second-order valence-corrected chi connectivity index (χ2v) is 15.3. The maximum Gasteiger partial charge on any atom is 0.345 e. The van der Waals surface area contributed by atoms with Crippen molar-refractivity contribution < 1.29 is 31.6 Å². The zero-order valence-corrected chi connectivity index (χ0v) is 28.5. The third-order valence-electron chi connectivity index (χ3n) is 8.43. The number of ether oxygens (including phenoxy) is 2. The molecule has 6 rings (SSSR count). The van der Waals surface area contributed by atoms with E-state index in [2.05, 4.69) is 45.8 Å². The van der Waals surface area contributed by atoms with E-state index in [1.807, 2.05) is 32.0 Å². The number of nitrogens with one attached hydrogen (secondary N) is 2.